The molecule has 1 fully saturated rings. The van der Waals surface area contributed by atoms with Crippen LogP contribution < -0.4 is 10.6 Å². The number of hydrogen-bond donors (Lipinski definition) is 2. The lowest BCUT2D eigenvalue weighted by molar-refractivity contribution is 0.125. The molecule has 2 aromatic rings. The van der Waals surface area contributed by atoms with Crippen molar-refractivity contribution in [2.75, 3.05) is 27.2 Å². The molecule has 0 amide bonds. The van der Waals surface area contributed by atoms with E-state index in [2.05, 4.69) is 55.2 Å². The summed E-state index contributed by atoms with van der Waals surface area (Å²) in [4.78, 5) is 12.4. The first-order valence-corrected chi connectivity index (χ1v) is 9.52. The summed E-state index contributed by atoms with van der Waals surface area (Å²) in [5.41, 5.74) is 0. The molecule has 1 saturated heterocycles. The van der Waals surface area contributed by atoms with E-state index in [1.165, 1.54) is 17.7 Å². The minimum atomic E-state index is 0. The maximum Gasteiger partial charge on any atom is 0.246 e. The van der Waals surface area contributed by atoms with Gasteiger partial charge in [-0.05, 0) is 50.7 Å². The fourth-order valence-corrected chi connectivity index (χ4v) is 4.39. The monoisotopic (exact) mass is 490 g/mol. The number of guanidine groups is 1. The number of aryl methyl sites for hydroxylation is 1. The Morgan fingerprint density at radius 2 is 2.31 bits per heavy atom. The van der Waals surface area contributed by atoms with Crippen LogP contribution >= 0.6 is 35.3 Å². The molecule has 2 atom stereocenters. The summed E-state index contributed by atoms with van der Waals surface area (Å²) in [5.74, 6) is 2.52. The number of likely N-dealkylation sites (tertiary alicyclic amines) is 1. The number of thiophene rings is 1. The van der Waals surface area contributed by atoms with Gasteiger partial charge in [-0.3, -0.25) is 9.89 Å². The molecule has 3 heterocycles. The maximum absolute atomic E-state index is 5.12. The minimum absolute atomic E-state index is 0. The van der Waals surface area contributed by atoms with Gasteiger partial charge in [-0.25, -0.2) is 0 Å². The molecule has 0 saturated carbocycles. The van der Waals surface area contributed by atoms with Crippen LogP contribution in [0.15, 0.2) is 27.0 Å². The second-order valence-corrected chi connectivity index (χ2v) is 7.36. The number of aliphatic imine (C=N–C) groups is 1. The number of nitrogens with zero attached hydrogens (tertiary/aromatic N) is 4. The zero-order valence-corrected chi connectivity index (χ0v) is 18.6. The van der Waals surface area contributed by atoms with Gasteiger partial charge in [0.15, 0.2) is 11.8 Å². The van der Waals surface area contributed by atoms with Crippen molar-refractivity contribution in [3.8, 4) is 0 Å². The SMILES string of the molecule is CN=C(NCc1nc(C)no1)NCC1CCCN(C)C1c1cccs1.I. The summed E-state index contributed by atoms with van der Waals surface area (Å²) in [6.45, 7) is 4.32. The van der Waals surface area contributed by atoms with Crippen LogP contribution in [0.4, 0.5) is 0 Å². The Kier molecular flexibility index (Phi) is 8.29. The molecule has 2 unspecified atom stereocenters. The van der Waals surface area contributed by atoms with Crippen LogP contribution in [0.25, 0.3) is 0 Å². The van der Waals surface area contributed by atoms with E-state index in [4.69, 9.17) is 4.52 Å². The molecule has 26 heavy (non-hydrogen) atoms. The normalized spacial score (nSPS) is 21.3. The standard InChI is InChI=1S/C17H26N6OS.HI/c1-12-21-15(24-22-12)11-20-17(18-2)19-10-13-6-4-8-23(3)16(13)14-7-5-9-25-14;/h5,7,9,13,16H,4,6,8,10-11H2,1-3H3,(H2,18,19,20);1H. The van der Waals surface area contributed by atoms with Crippen molar-refractivity contribution in [1.29, 1.82) is 0 Å². The highest BCUT2D eigenvalue weighted by Crippen LogP contribution is 2.36. The Balaban J connectivity index is 0.00000243. The van der Waals surface area contributed by atoms with Gasteiger partial charge in [-0.1, -0.05) is 11.2 Å². The van der Waals surface area contributed by atoms with Gasteiger partial charge in [-0.2, -0.15) is 4.98 Å². The van der Waals surface area contributed by atoms with E-state index in [-0.39, 0.29) is 24.0 Å². The topological polar surface area (TPSA) is 78.6 Å². The van der Waals surface area contributed by atoms with Gasteiger partial charge < -0.3 is 15.2 Å². The Morgan fingerprint density at radius 3 is 2.96 bits per heavy atom. The molecule has 0 aliphatic carbocycles. The first-order chi connectivity index (χ1) is 12.2. The highest BCUT2D eigenvalue weighted by molar-refractivity contribution is 14.0. The molecule has 0 bridgehead atoms. The molecule has 9 heteroatoms. The van der Waals surface area contributed by atoms with Crippen molar-refractivity contribution in [1.82, 2.24) is 25.7 Å². The summed E-state index contributed by atoms with van der Waals surface area (Å²) in [5, 5.41) is 12.6. The fourth-order valence-electron chi connectivity index (χ4n) is 3.40. The van der Waals surface area contributed by atoms with E-state index in [1.807, 2.05) is 18.3 Å². The number of aromatic nitrogens is 2. The third-order valence-corrected chi connectivity index (χ3v) is 5.52. The third-order valence-electron chi connectivity index (χ3n) is 4.57. The number of rotatable bonds is 5. The van der Waals surface area contributed by atoms with Gasteiger partial charge in [0, 0.05) is 24.5 Å². The first kappa shape index (κ1) is 21.1. The van der Waals surface area contributed by atoms with Crippen molar-refractivity contribution in [2.45, 2.75) is 32.4 Å². The average Bonchev–Trinajstić information content (AvgIpc) is 3.27. The molecule has 2 N–H and O–H groups in total. The number of hydrogen-bond acceptors (Lipinski definition) is 6. The minimum Gasteiger partial charge on any atom is -0.356 e. The Hall–Kier alpha value is -1.20. The van der Waals surface area contributed by atoms with E-state index in [0.29, 0.717) is 30.2 Å². The van der Waals surface area contributed by atoms with Gasteiger partial charge in [0.05, 0.1) is 6.54 Å². The van der Waals surface area contributed by atoms with Crippen LogP contribution in [0, 0.1) is 12.8 Å². The average molecular weight is 490 g/mol. The van der Waals surface area contributed by atoms with E-state index >= 15 is 0 Å². The summed E-state index contributed by atoms with van der Waals surface area (Å²) in [7, 11) is 4.00. The van der Waals surface area contributed by atoms with Crippen LogP contribution in [-0.4, -0.2) is 48.2 Å². The van der Waals surface area contributed by atoms with Gasteiger partial charge in [-0.15, -0.1) is 35.3 Å². The molecular weight excluding hydrogens is 463 g/mol. The van der Waals surface area contributed by atoms with Gasteiger partial charge in [0.2, 0.25) is 5.89 Å². The zero-order chi connectivity index (χ0) is 17.6. The van der Waals surface area contributed by atoms with E-state index in [1.54, 1.807) is 7.05 Å². The highest BCUT2D eigenvalue weighted by Gasteiger charge is 2.31. The Labute approximate surface area is 175 Å². The fraction of sp³-hybridized carbons (Fsp3) is 0.588. The number of halogens is 1. The Morgan fingerprint density at radius 1 is 1.46 bits per heavy atom. The summed E-state index contributed by atoms with van der Waals surface area (Å²) in [6, 6.07) is 4.85. The van der Waals surface area contributed by atoms with Crippen LogP contribution in [0.5, 0.6) is 0 Å². The number of nitrogens with one attached hydrogen (secondary N) is 2. The lowest BCUT2D eigenvalue weighted by Crippen LogP contribution is -2.44. The van der Waals surface area contributed by atoms with Gasteiger partial charge >= 0.3 is 0 Å². The van der Waals surface area contributed by atoms with Gasteiger partial charge in [0.25, 0.3) is 0 Å². The molecule has 144 valence electrons. The summed E-state index contributed by atoms with van der Waals surface area (Å²) < 4.78 is 5.12. The van der Waals surface area contributed by atoms with Crippen molar-refractivity contribution in [2.24, 2.45) is 10.9 Å². The van der Waals surface area contributed by atoms with Crippen molar-refractivity contribution < 1.29 is 4.52 Å². The second kappa shape index (κ2) is 10.2. The molecule has 2 aromatic heterocycles. The van der Waals surface area contributed by atoms with Crippen LogP contribution in [0.3, 0.4) is 0 Å². The molecule has 1 aliphatic heterocycles. The number of piperidine rings is 1. The van der Waals surface area contributed by atoms with Crippen LogP contribution in [-0.2, 0) is 6.54 Å². The van der Waals surface area contributed by atoms with Crippen LogP contribution in [0.1, 0.15) is 35.5 Å². The van der Waals surface area contributed by atoms with Gasteiger partial charge in [0.1, 0.15) is 0 Å². The lowest BCUT2D eigenvalue weighted by Gasteiger charge is -2.39. The third kappa shape index (κ3) is 5.40. The highest BCUT2D eigenvalue weighted by atomic mass is 127. The summed E-state index contributed by atoms with van der Waals surface area (Å²) >= 11 is 1.84. The predicted octanol–water partition coefficient (Wildman–Crippen LogP) is 2.81. The van der Waals surface area contributed by atoms with E-state index < -0.39 is 0 Å². The quantitative estimate of drug-likeness (QED) is 0.382. The van der Waals surface area contributed by atoms with E-state index in [9.17, 15) is 0 Å². The van der Waals surface area contributed by atoms with Crippen molar-refractivity contribution in [3.63, 3.8) is 0 Å². The largest absolute Gasteiger partial charge is 0.356 e. The second-order valence-electron chi connectivity index (χ2n) is 6.39. The molecule has 0 aromatic carbocycles. The molecular formula is C17H27IN6OS. The zero-order valence-electron chi connectivity index (χ0n) is 15.4. The molecule has 1 aliphatic rings. The summed E-state index contributed by atoms with van der Waals surface area (Å²) in [6.07, 6.45) is 2.46. The van der Waals surface area contributed by atoms with Crippen molar-refractivity contribution in [3.05, 3.63) is 34.1 Å². The van der Waals surface area contributed by atoms with Crippen LogP contribution in [0.2, 0.25) is 0 Å². The molecule has 0 spiro atoms. The molecule has 3 rings (SSSR count). The Bertz CT molecular complexity index is 689. The lowest BCUT2D eigenvalue weighted by atomic mass is 9.88. The van der Waals surface area contributed by atoms with Crippen molar-refractivity contribution >= 4 is 41.3 Å². The first-order valence-electron chi connectivity index (χ1n) is 8.64. The molecule has 0 radical (unpaired) electrons. The smallest absolute Gasteiger partial charge is 0.246 e. The molecule has 7 nitrogen and oxygen atoms in total. The maximum atomic E-state index is 5.12. The van der Waals surface area contributed by atoms with E-state index in [0.717, 1.165) is 19.0 Å². The predicted molar refractivity (Wildman–Crippen MR) is 115 cm³/mol.